The highest BCUT2D eigenvalue weighted by Crippen LogP contribution is 2.30. The number of phenolic OH excluding ortho intramolecular Hbond substituents is 1. The predicted molar refractivity (Wildman–Crippen MR) is 71.0 cm³/mol. The summed E-state index contributed by atoms with van der Waals surface area (Å²) in [6.45, 7) is 1.37. The molecule has 0 aliphatic carbocycles. The number of para-hydroxylation sites is 1. The van der Waals surface area contributed by atoms with Crippen LogP contribution in [0.15, 0.2) is 18.2 Å². The molecule has 1 aliphatic rings. The van der Waals surface area contributed by atoms with E-state index in [1.807, 2.05) is 0 Å². The number of hydrogen-bond donors (Lipinski definition) is 1. The van der Waals surface area contributed by atoms with Crippen molar-refractivity contribution in [3.63, 3.8) is 0 Å². The van der Waals surface area contributed by atoms with Gasteiger partial charge < -0.3 is 19.5 Å². The SMILES string of the molecule is COc1cccc(C(=O)N2CCOC(CCl)C2)c1O. The first-order valence-electron chi connectivity index (χ1n) is 6.00. The van der Waals surface area contributed by atoms with E-state index in [-0.39, 0.29) is 29.1 Å². The van der Waals surface area contributed by atoms with Crippen LogP contribution in [-0.2, 0) is 4.74 Å². The zero-order valence-corrected chi connectivity index (χ0v) is 11.4. The maximum absolute atomic E-state index is 12.4. The van der Waals surface area contributed by atoms with Gasteiger partial charge in [-0.3, -0.25) is 4.79 Å². The molecule has 1 N–H and O–H groups in total. The van der Waals surface area contributed by atoms with Crippen LogP contribution >= 0.6 is 11.6 Å². The minimum Gasteiger partial charge on any atom is -0.504 e. The molecular weight excluding hydrogens is 270 g/mol. The van der Waals surface area contributed by atoms with E-state index in [1.54, 1.807) is 23.1 Å². The van der Waals surface area contributed by atoms with E-state index >= 15 is 0 Å². The van der Waals surface area contributed by atoms with Gasteiger partial charge >= 0.3 is 0 Å². The second-order valence-electron chi connectivity index (χ2n) is 4.25. The van der Waals surface area contributed by atoms with Crippen LogP contribution in [0.2, 0.25) is 0 Å². The summed E-state index contributed by atoms with van der Waals surface area (Å²) in [5, 5.41) is 9.98. The van der Waals surface area contributed by atoms with Gasteiger partial charge in [-0.1, -0.05) is 6.07 Å². The summed E-state index contributed by atoms with van der Waals surface area (Å²) in [4.78, 5) is 14.0. The zero-order chi connectivity index (χ0) is 13.8. The van der Waals surface area contributed by atoms with Crippen molar-refractivity contribution in [1.82, 2.24) is 4.90 Å². The second kappa shape index (κ2) is 6.12. The van der Waals surface area contributed by atoms with Crippen molar-refractivity contribution >= 4 is 17.5 Å². The van der Waals surface area contributed by atoms with Crippen molar-refractivity contribution in [2.75, 3.05) is 32.7 Å². The summed E-state index contributed by atoms with van der Waals surface area (Å²) in [6, 6.07) is 4.85. The van der Waals surface area contributed by atoms with Gasteiger partial charge in [-0.25, -0.2) is 0 Å². The third-order valence-electron chi connectivity index (χ3n) is 3.05. The van der Waals surface area contributed by atoms with E-state index in [9.17, 15) is 9.90 Å². The molecule has 19 heavy (non-hydrogen) atoms. The zero-order valence-electron chi connectivity index (χ0n) is 10.6. The smallest absolute Gasteiger partial charge is 0.257 e. The number of ether oxygens (including phenoxy) is 2. The summed E-state index contributed by atoms with van der Waals surface area (Å²) in [5.41, 5.74) is 0.231. The van der Waals surface area contributed by atoms with Gasteiger partial charge in [-0.2, -0.15) is 0 Å². The van der Waals surface area contributed by atoms with Crippen LogP contribution in [0.25, 0.3) is 0 Å². The molecule has 1 amide bonds. The Hall–Kier alpha value is -1.46. The normalized spacial score (nSPS) is 19.3. The van der Waals surface area contributed by atoms with Gasteiger partial charge in [0.05, 0.1) is 31.3 Å². The number of nitrogens with zero attached hydrogens (tertiary/aromatic N) is 1. The molecular formula is C13H16ClNO4. The molecule has 0 saturated carbocycles. The highest BCUT2D eigenvalue weighted by atomic mass is 35.5. The fraction of sp³-hybridized carbons (Fsp3) is 0.462. The van der Waals surface area contributed by atoms with Crippen LogP contribution in [0.5, 0.6) is 11.5 Å². The first-order valence-corrected chi connectivity index (χ1v) is 6.53. The lowest BCUT2D eigenvalue weighted by atomic mass is 10.1. The van der Waals surface area contributed by atoms with Crippen LogP contribution in [-0.4, -0.2) is 54.7 Å². The molecule has 1 unspecified atom stereocenters. The van der Waals surface area contributed by atoms with Crippen LogP contribution < -0.4 is 4.74 Å². The molecule has 0 radical (unpaired) electrons. The van der Waals surface area contributed by atoms with E-state index in [0.29, 0.717) is 25.6 Å². The third-order valence-corrected chi connectivity index (χ3v) is 3.39. The lowest BCUT2D eigenvalue weighted by molar-refractivity contribution is -0.0109. The molecule has 0 bridgehead atoms. The monoisotopic (exact) mass is 285 g/mol. The number of amides is 1. The number of alkyl halides is 1. The van der Waals surface area contributed by atoms with Crippen molar-refractivity contribution < 1.29 is 19.4 Å². The van der Waals surface area contributed by atoms with Gasteiger partial charge in [-0.15, -0.1) is 11.6 Å². The molecule has 104 valence electrons. The molecule has 1 heterocycles. The number of phenols is 1. The van der Waals surface area contributed by atoms with E-state index in [2.05, 4.69) is 0 Å². The van der Waals surface area contributed by atoms with Crippen molar-refractivity contribution in [2.24, 2.45) is 0 Å². The minimum atomic E-state index is -0.241. The molecule has 1 aromatic carbocycles. The highest BCUT2D eigenvalue weighted by Gasteiger charge is 2.26. The maximum atomic E-state index is 12.4. The van der Waals surface area contributed by atoms with Crippen LogP contribution in [0, 0.1) is 0 Å². The molecule has 5 nitrogen and oxygen atoms in total. The quantitative estimate of drug-likeness (QED) is 0.855. The van der Waals surface area contributed by atoms with Gasteiger partial charge in [0.2, 0.25) is 0 Å². The number of rotatable bonds is 3. The summed E-state index contributed by atoms with van der Waals surface area (Å²) in [5.74, 6) is 0.250. The average molecular weight is 286 g/mol. The average Bonchev–Trinajstić information content (AvgIpc) is 2.47. The molecule has 0 aromatic heterocycles. The largest absolute Gasteiger partial charge is 0.504 e. The van der Waals surface area contributed by atoms with Gasteiger partial charge in [-0.05, 0) is 12.1 Å². The third kappa shape index (κ3) is 2.93. The summed E-state index contributed by atoms with van der Waals surface area (Å²) in [6.07, 6.45) is -0.160. The van der Waals surface area contributed by atoms with Crippen LogP contribution in [0.1, 0.15) is 10.4 Å². The van der Waals surface area contributed by atoms with Crippen molar-refractivity contribution in [3.05, 3.63) is 23.8 Å². The summed E-state index contributed by atoms with van der Waals surface area (Å²) in [7, 11) is 1.45. The molecule has 1 aliphatic heterocycles. The Kier molecular flexibility index (Phi) is 4.50. The number of carbonyl (C=O) groups is 1. The van der Waals surface area contributed by atoms with Crippen molar-refractivity contribution in [2.45, 2.75) is 6.10 Å². The van der Waals surface area contributed by atoms with Crippen molar-refractivity contribution in [3.8, 4) is 11.5 Å². The Labute approximate surface area is 116 Å². The summed E-state index contributed by atoms with van der Waals surface area (Å²) >= 11 is 5.74. The lowest BCUT2D eigenvalue weighted by Crippen LogP contribution is -2.46. The maximum Gasteiger partial charge on any atom is 0.257 e. The van der Waals surface area contributed by atoms with Gasteiger partial charge in [0, 0.05) is 13.1 Å². The molecule has 1 atom stereocenters. The number of halogens is 1. The van der Waals surface area contributed by atoms with Gasteiger partial charge in [0.15, 0.2) is 11.5 Å². The number of carbonyl (C=O) groups excluding carboxylic acids is 1. The summed E-state index contributed by atoms with van der Waals surface area (Å²) < 4.78 is 10.4. The van der Waals surface area contributed by atoms with E-state index in [4.69, 9.17) is 21.1 Å². The standard InChI is InChI=1S/C13H16ClNO4/c1-18-11-4-2-3-10(12(11)16)13(17)15-5-6-19-9(7-14)8-15/h2-4,9,16H,5-8H2,1H3. The number of benzene rings is 1. The Balaban J connectivity index is 2.19. The Morgan fingerprint density at radius 3 is 3.11 bits per heavy atom. The molecule has 1 aromatic rings. The van der Waals surface area contributed by atoms with Crippen LogP contribution in [0.3, 0.4) is 0 Å². The first kappa shape index (κ1) is 14.0. The lowest BCUT2D eigenvalue weighted by Gasteiger charge is -2.32. The fourth-order valence-corrected chi connectivity index (χ4v) is 2.21. The van der Waals surface area contributed by atoms with Gasteiger partial charge in [0.25, 0.3) is 5.91 Å². The molecule has 0 spiro atoms. The minimum absolute atomic E-state index is 0.135. The highest BCUT2D eigenvalue weighted by molar-refractivity contribution is 6.18. The Bertz CT molecular complexity index is 466. The first-order chi connectivity index (χ1) is 9.17. The molecule has 2 rings (SSSR count). The predicted octanol–water partition coefficient (Wildman–Crippen LogP) is 1.48. The van der Waals surface area contributed by atoms with Gasteiger partial charge in [0.1, 0.15) is 0 Å². The number of hydrogen-bond acceptors (Lipinski definition) is 4. The fourth-order valence-electron chi connectivity index (χ4n) is 2.03. The Morgan fingerprint density at radius 1 is 1.63 bits per heavy atom. The number of aromatic hydroxyl groups is 1. The number of morpholine rings is 1. The molecule has 1 saturated heterocycles. The van der Waals surface area contributed by atoms with E-state index in [0.717, 1.165) is 0 Å². The molecule has 1 fully saturated rings. The second-order valence-corrected chi connectivity index (χ2v) is 4.56. The van der Waals surface area contributed by atoms with E-state index in [1.165, 1.54) is 7.11 Å². The van der Waals surface area contributed by atoms with E-state index < -0.39 is 0 Å². The topological polar surface area (TPSA) is 59.0 Å². The van der Waals surface area contributed by atoms with Crippen molar-refractivity contribution in [1.29, 1.82) is 0 Å². The van der Waals surface area contributed by atoms with Crippen LogP contribution in [0.4, 0.5) is 0 Å². The number of methoxy groups -OCH3 is 1. The Morgan fingerprint density at radius 2 is 2.42 bits per heavy atom. The molecule has 6 heteroatoms.